The fourth-order valence-electron chi connectivity index (χ4n) is 1.77. The van der Waals surface area contributed by atoms with E-state index in [-0.39, 0.29) is 24.7 Å². The summed E-state index contributed by atoms with van der Waals surface area (Å²) >= 11 is 0. The second-order valence-electron chi connectivity index (χ2n) is 5.10. The number of esters is 1. The number of rotatable bonds is 7. The predicted octanol–water partition coefficient (Wildman–Crippen LogP) is 2.49. The predicted molar refractivity (Wildman–Crippen MR) is 79.7 cm³/mol. The molecule has 0 aliphatic heterocycles. The molecule has 21 heavy (non-hydrogen) atoms. The zero-order valence-corrected chi connectivity index (χ0v) is 13.0. The van der Waals surface area contributed by atoms with Gasteiger partial charge < -0.3 is 14.9 Å². The molecule has 0 unspecified atom stereocenters. The maximum Gasteiger partial charge on any atom is 0.357 e. The Morgan fingerprint density at radius 1 is 1.52 bits per heavy atom. The van der Waals surface area contributed by atoms with Crippen LogP contribution in [0.2, 0.25) is 0 Å². The molecule has 0 spiro atoms. The highest BCUT2D eigenvalue weighted by Gasteiger charge is 2.32. The van der Waals surface area contributed by atoms with Gasteiger partial charge in [0.25, 0.3) is 0 Å². The van der Waals surface area contributed by atoms with Gasteiger partial charge in [-0.2, -0.15) is 5.10 Å². The fourth-order valence-corrected chi connectivity index (χ4v) is 1.77. The largest absolute Gasteiger partial charge is 0.461 e. The maximum atomic E-state index is 13.6. The van der Waals surface area contributed by atoms with Crippen LogP contribution < -0.4 is 5.43 Å². The Bertz CT molecular complexity index is 468. The summed E-state index contributed by atoms with van der Waals surface area (Å²) in [5.41, 5.74) is 2.49. The zero-order chi connectivity index (χ0) is 15.9. The molecule has 1 aliphatic carbocycles. The first-order valence-electron chi connectivity index (χ1n) is 6.99. The van der Waals surface area contributed by atoms with Crippen LogP contribution in [0.3, 0.4) is 0 Å². The number of hydrogen-bond acceptors (Lipinski definition) is 5. The molecule has 0 aromatic carbocycles. The molecular formula is C15H23FN2O3. The number of allylic oxidation sites excluding steroid dienone is 2. The highest BCUT2D eigenvalue weighted by atomic mass is 19.1. The molecule has 0 fully saturated rings. The number of ether oxygens (including phenoxy) is 2. The van der Waals surface area contributed by atoms with Crippen LogP contribution in [-0.4, -0.2) is 37.5 Å². The summed E-state index contributed by atoms with van der Waals surface area (Å²) < 4.78 is 23.8. The standard InChI is InChI=1S/C15H23FN2O3/c1-5-21-14(19)13(15(2,3)20-4)18-17-10-11-8-6-7-9-12(11)16/h6,8,17H,5,7,9-10H2,1-4H3/b18-13-. The lowest BCUT2D eigenvalue weighted by Gasteiger charge is -2.23. The molecule has 5 nitrogen and oxygen atoms in total. The van der Waals surface area contributed by atoms with Crippen molar-refractivity contribution in [2.24, 2.45) is 5.10 Å². The number of nitrogens with one attached hydrogen (secondary N) is 1. The first-order chi connectivity index (χ1) is 9.92. The summed E-state index contributed by atoms with van der Waals surface area (Å²) in [6.07, 6.45) is 4.76. The molecule has 0 aromatic heterocycles. The molecule has 0 amide bonds. The topological polar surface area (TPSA) is 59.9 Å². The van der Waals surface area contributed by atoms with Gasteiger partial charge in [0.05, 0.1) is 13.2 Å². The van der Waals surface area contributed by atoms with Crippen molar-refractivity contribution in [3.05, 3.63) is 23.6 Å². The van der Waals surface area contributed by atoms with Gasteiger partial charge in [-0.3, -0.25) is 0 Å². The van der Waals surface area contributed by atoms with E-state index in [4.69, 9.17) is 9.47 Å². The zero-order valence-electron chi connectivity index (χ0n) is 13.0. The van der Waals surface area contributed by atoms with Gasteiger partial charge in [-0.1, -0.05) is 12.2 Å². The van der Waals surface area contributed by atoms with Gasteiger partial charge in [0.2, 0.25) is 0 Å². The number of hydrogen-bond donors (Lipinski definition) is 1. The molecule has 1 rings (SSSR count). The van der Waals surface area contributed by atoms with Gasteiger partial charge in [0.15, 0.2) is 5.71 Å². The van der Waals surface area contributed by atoms with Crippen molar-refractivity contribution in [3.63, 3.8) is 0 Å². The van der Waals surface area contributed by atoms with E-state index in [1.165, 1.54) is 7.11 Å². The minimum Gasteiger partial charge on any atom is -0.461 e. The molecule has 0 atom stereocenters. The van der Waals surface area contributed by atoms with E-state index in [2.05, 4.69) is 10.5 Å². The van der Waals surface area contributed by atoms with Crippen LogP contribution in [0.15, 0.2) is 28.7 Å². The lowest BCUT2D eigenvalue weighted by molar-refractivity contribution is -0.136. The Kier molecular flexibility index (Phi) is 6.55. The Balaban J connectivity index is 2.79. The van der Waals surface area contributed by atoms with E-state index in [9.17, 15) is 9.18 Å². The van der Waals surface area contributed by atoms with Crippen molar-refractivity contribution in [2.75, 3.05) is 20.3 Å². The van der Waals surface area contributed by atoms with Crippen LogP contribution in [0.1, 0.15) is 33.6 Å². The van der Waals surface area contributed by atoms with Gasteiger partial charge in [-0.25, -0.2) is 9.18 Å². The molecule has 0 saturated heterocycles. The minimum atomic E-state index is -0.894. The Morgan fingerprint density at radius 3 is 2.81 bits per heavy atom. The van der Waals surface area contributed by atoms with Crippen LogP contribution in [0.4, 0.5) is 4.39 Å². The van der Waals surface area contributed by atoms with E-state index in [0.29, 0.717) is 18.4 Å². The van der Waals surface area contributed by atoms with Gasteiger partial charge in [0, 0.05) is 19.1 Å². The van der Waals surface area contributed by atoms with E-state index in [1.807, 2.05) is 6.08 Å². The van der Waals surface area contributed by atoms with Crippen molar-refractivity contribution in [3.8, 4) is 0 Å². The Labute approximate surface area is 124 Å². The molecule has 0 radical (unpaired) electrons. The SMILES string of the molecule is CCOC(=O)/C(=N/NCC1=C(F)CCC=C1)C(C)(C)OC. The lowest BCUT2D eigenvalue weighted by Crippen LogP contribution is -2.41. The van der Waals surface area contributed by atoms with Gasteiger partial charge in [-0.05, 0) is 27.2 Å². The monoisotopic (exact) mass is 298 g/mol. The van der Waals surface area contributed by atoms with Crippen molar-refractivity contribution in [1.29, 1.82) is 0 Å². The van der Waals surface area contributed by atoms with Gasteiger partial charge in [0.1, 0.15) is 11.4 Å². The summed E-state index contributed by atoms with van der Waals surface area (Å²) in [7, 11) is 1.49. The van der Waals surface area contributed by atoms with E-state index >= 15 is 0 Å². The third kappa shape index (κ3) is 4.97. The molecule has 118 valence electrons. The third-order valence-corrected chi connectivity index (χ3v) is 3.21. The summed E-state index contributed by atoms with van der Waals surface area (Å²) in [4.78, 5) is 11.9. The molecular weight excluding hydrogens is 275 g/mol. The van der Waals surface area contributed by atoms with Crippen molar-refractivity contribution < 1.29 is 18.7 Å². The first-order valence-corrected chi connectivity index (χ1v) is 6.99. The number of methoxy groups -OCH3 is 1. The van der Waals surface area contributed by atoms with Crippen molar-refractivity contribution in [1.82, 2.24) is 5.43 Å². The normalized spacial score (nSPS) is 16.1. The van der Waals surface area contributed by atoms with Crippen LogP contribution in [-0.2, 0) is 14.3 Å². The summed E-state index contributed by atoms with van der Waals surface area (Å²) in [5.74, 6) is -0.700. The van der Waals surface area contributed by atoms with Crippen molar-refractivity contribution in [2.45, 2.75) is 39.2 Å². The second kappa shape index (κ2) is 7.93. The number of carbonyl (C=O) groups excluding carboxylic acids is 1. The van der Waals surface area contributed by atoms with Crippen LogP contribution in [0, 0.1) is 0 Å². The molecule has 0 bridgehead atoms. The highest BCUT2D eigenvalue weighted by molar-refractivity contribution is 6.39. The molecule has 0 aromatic rings. The van der Waals surface area contributed by atoms with E-state index in [1.54, 1.807) is 26.8 Å². The van der Waals surface area contributed by atoms with Crippen LogP contribution >= 0.6 is 0 Å². The smallest absolute Gasteiger partial charge is 0.357 e. The summed E-state index contributed by atoms with van der Waals surface area (Å²) in [6, 6.07) is 0. The lowest BCUT2D eigenvalue weighted by atomic mass is 10.0. The van der Waals surface area contributed by atoms with E-state index < -0.39 is 11.6 Å². The molecule has 0 heterocycles. The summed E-state index contributed by atoms with van der Waals surface area (Å²) in [5, 5.41) is 4.05. The van der Waals surface area contributed by atoms with Gasteiger partial charge in [-0.15, -0.1) is 0 Å². The second-order valence-corrected chi connectivity index (χ2v) is 5.10. The van der Waals surface area contributed by atoms with E-state index in [0.717, 1.165) is 0 Å². The Hall–Kier alpha value is -1.69. The average molecular weight is 298 g/mol. The van der Waals surface area contributed by atoms with Crippen LogP contribution in [0.5, 0.6) is 0 Å². The van der Waals surface area contributed by atoms with Crippen molar-refractivity contribution >= 4 is 11.7 Å². The average Bonchev–Trinajstić information content (AvgIpc) is 2.45. The maximum absolute atomic E-state index is 13.6. The first kappa shape index (κ1) is 17.4. The third-order valence-electron chi connectivity index (χ3n) is 3.21. The molecule has 1 aliphatic rings. The number of nitrogens with zero attached hydrogens (tertiary/aromatic N) is 1. The fraction of sp³-hybridized carbons (Fsp3) is 0.600. The molecule has 1 N–H and O–H groups in total. The Morgan fingerprint density at radius 2 is 2.24 bits per heavy atom. The molecule has 0 saturated carbocycles. The minimum absolute atomic E-state index is 0.118. The quantitative estimate of drug-likeness (QED) is 0.446. The highest BCUT2D eigenvalue weighted by Crippen LogP contribution is 2.19. The summed E-state index contributed by atoms with van der Waals surface area (Å²) in [6.45, 7) is 5.61. The van der Waals surface area contributed by atoms with Gasteiger partial charge >= 0.3 is 5.97 Å². The number of halogens is 1. The number of hydrazone groups is 1. The number of carbonyl (C=O) groups is 1. The molecule has 6 heteroatoms. The van der Waals surface area contributed by atoms with Crippen LogP contribution in [0.25, 0.3) is 0 Å².